The molecule has 6 heteroatoms. The van der Waals surface area contributed by atoms with Gasteiger partial charge in [-0.05, 0) is 13.3 Å². The molecule has 0 fully saturated rings. The number of halogens is 1. The SMILES string of the molecule is CCCc1nc(Cl)c(C)c(-c2cnc(OC)nc2)n1. The summed E-state index contributed by atoms with van der Waals surface area (Å²) in [6.45, 7) is 3.96. The summed E-state index contributed by atoms with van der Waals surface area (Å²) in [7, 11) is 1.53. The van der Waals surface area contributed by atoms with Crippen LogP contribution in [0.2, 0.25) is 5.15 Å². The highest BCUT2D eigenvalue weighted by Crippen LogP contribution is 2.25. The minimum atomic E-state index is 0.329. The van der Waals surface area contributed by atoms with E-state index in [1.54, 1.807) is 12.4 Å². The predicted octanol–water partition coefficient (Wildman–Crippen LogP) is 2.86. The average molecular weight is 279 g/mol. The van der Waals surface area contributed by atoms with E-state index in [0.29, 0.717) is 11.2 Å². The molecular formula is C13H15ClN4O. The molecule has 0 aromatic carbocycles. The molecule has 0 unspecified atom stereocenters. The Morgan fingerprint density at radius 3 is 2.47 bits per heavy atom. The molecule has 2 aromatic heterocycles. The maximum absolute atomic E-state index is 6.15. The zero-order valence-electron chi connectivity index (χ0n) is 11.1. The van der Waals surface area contributed by atoms with Crippen LogP contribution in [0.15, 0.2) is 12.4 Å². The summed E-state index contributed by atoms with van der Waals surface area (Å²) in [5.41, 5.74) is 2.40. The fourth-order valence-electron chi connectivity index (χ4n) is 1.69. The first-order chi connectivity index (χ1) is 9.15. The third-order valence-corrected chi connectivity index (χ3v) is 3.06. The van der Waals surface area contributed by atoms with E-state index >= 15 is 0 Å². The first-order valence-corrected chi connectivity index (χ1v) is 6.43. The normalized spacial score (nSPS) is 10.5. The van der Waals surface area contributed by atoms with Gasteiger partial charge in [-0.1, -0.05) is 18.5 Å². The lowest BCUT2D eigenvalue weighted by Crippen LogP contribution is -2.01. The van der Waals surface area contributed by atoms with Gasteiger partial charge in [0.2, 0.25) is 0 Å². The van der Waals surface area contributed by atoms with Gasteiger partial charge in [-0.3, -0.25) is 0 Å². The van der Waals surface area contributed by atoms with Crippen molar-refractivity contribution in [1.82, 2.24) is 19.9 Å². The average Bonchev–Trinajstić information content (AvgIpc) is 2.43. The van der Waals surface area contributed by atoms with Crippen LogP contribution in [0.4, 0.5) is 0 Å². The standard InChI is InChI=1S/C13H15ClN4O/c1-4-5-10-17-11(8(2)12(14)18-10)9-6-15-13(19-3)16-7-9/h6-7H,4-5H2,1-3H3. The summed E-state index contributed by atoms with van der Waals surface area (Å²) in [6.07, 6.45) is 5.11. The number of aryl methyl sites for hydroxylation is 1. The van der Waals surface area contributed by atoms with Gasteiger partial charge in [0.1, 0.15) is 11.0 Å². The fourth-order valence-corrected chi connectivity index (χ4v) is 1.88. The first-order valence-electron chi connectivity index (χ1n) is 6.05. The van der Waals surface area contributed by atoms with Gasteiger partial charge in [-0.25, -0.2) is 19.9 Å². The van der Waals surface area contributed by atoms with Gasteiger partial charge in [-0.2, -0.15) is 0 Å². The van der Waals surface area contributed by atoms with Gasteiger partial charge in [-0.15, -0.1) is 0 Å². The molecule has 0 amide bonds. The lowest BCUT2D eigenvalue weighted by Gasteiger charge is -2.08. The third kappa shape index (κ3) is 2.98. The maximum atomic E-state index is 6.15. The van der Waals surface area contributed by atoms with Gasteiger partial charge in [0, 0.05) is 29.9 Å². The molecule has 100 valence electrons. The van der Waals surface area contributed by atoms with E-state index in [4.69, 9.17) is 16.3 Å². The summed E-state index contributed by atoms with van der Waals surface area (Å²) in [6, 6.07) is 0.329. The Bertz CT molecular complexity index is 572. The summed E-state index contributed by atoms with van der Waals surface area (Å²) in [5, 5.41) is 0.476. The molecule has 2 rings (SSSR count). The minimum Gasteiger partial charge on any atom is -0.467 e. The van der Waals surface area contributed by atoms with Crippen LogP contribution in [-0.4, -0.2) is 27.0 Å². The van der Waals surface area contributed by atoms with Gasteiger partial charge >= 0.3 is 6.01 Å². The van der Waals surface area contributed by atoms with Crippen LogP contribution in [0.5, 0.6) is 6.01 Å². The molecule has 0 saturated heterocycles. The Kier molecular flexibility index (Phi) is 4.27. The Labute approximate surface area is 117 Å². The molecule has 19 heavy (non-hydrogen) atoms. The Morgan fingerprint density at radius 2 is 1.89 bits per heavy atom. The molecule has 0 aliphatic rings. The number of rotatable bonds is 4. The van der Waals surface area contributed by atoms with Crippen LogP contribution in [0.25, 0.3) is 11.3 Å². The van der Waals surface area contributed by atoms with Crippen LogP contribution in [0.1, 0.15) is 24.7 Å². The third-order valence-electron chi connectivity index (χ3n) is 2.69. The quantitative estimate of drug-likeness (QED) is 0.805. The molecule has 0 atom stereocenters. The van der Waals surface area contributed by atoms with Gasteiger partial charge < -0.3 is 4.74 Å². The predicted molar refractivity (Wildman–Crippen MR) is 73.4 cm³/mol. The lowest BCUT2D eigenvalue weighted by molar-refractivity contribution is 0.380. The van der Waals surface area contributed by atoms with Crippen LogP contribution in [0, 0.1) is 6.92 Å². The number of aromatic nitrogens is 4. The van der Waals surface area contributed by atoms with Crippen molar-refractivity contribution in [3.05, 3.63) is 28.9 Å². The molecule has 0 spiro atoms. The van der Waals surface area contributed by atoms with Crippen molar-refractivity contribution in [2.75, 3.05) is 7.11 Å². The summed E-state index contributed by atoms with van der Waals surface area (Å²) >= 11 is 6.15. The number of hydrogen-bond acceptors (Lipinski definition) is 5. The highest BCUT2D eigenvalue weighted by molar-refractivity contribution is 6.30. The van der Waals surface area contributed by atoms with Crippen molar-refractivity contribution in [1.29, 1.82) is 0 Å². The molecule has 2 aromatic rings. The zero-order valence-corrected chi connectivity index (χ0v) is 11.9. The van der Waals surface area contributed by atoms with Crippen LogP contribution in [-0.2, 0) is 6.42 Å². The van der Waals surface area contributed by atoms with Crippen molar-refractivity contribution in [2.24, 2.45) is 0 Å². The smallest absolute Gasteiger partial charge is 0.316 e. The molecule has 0 aliphatic carbocycles. The van der Waals surface area contributed by atoms with Crippen molar-refractivity contribution < 1.29 is 4.74 Å². The molecule has 0 radical (unpaired) electrons. The number of nitrogens with zero attached hydrogens (tertiary/aromatic N) is 4. The van der Waals surface area contributed by atoms with E-state index in [1.165, 1.54) is 7.11 Å². The van der Waals surface area contributed by atoms with Crippen LogP contribution < -0.4 is 4.74 Å². The molecule has 2 heterocycles. The van der Waals surface area contributed by atoms with Gasteiger partial charge in [0.25, 0.3) is 0 Å². The second kappa shape index (κ2) is 5.93. The zero-order chi connectivity index (χ0) is 13.8. The van der Waals surface area contributed by atoms with E-state index in [2.05, 4.69) is 26.9 Å². The van der Waals surface area contributed by atoms with E-state index in [1.807, 2.05) is 6.92 Å². The monoisotopic (exact) mass is 278 g/mol. The molecule has 0 bridgehead atoms. The highest BCUT2D eigenvalue weighted by Gasteiger charge is 2.12. The molecular weight excluding hydrogens is 264 g/mol. The fraction of sp³-hybridized carbons (Fsp3) is 0.385. The van der Waals surface area contributed by atoms with Crippen molar-refractivity contribution in [3.63, 3.8) is 0 Å². The van der Waals surface area contributed by atoms with Gasteiger partial charge in [0.15, 0.2) is 0 Å². The molecule has 0 aliphatic heterocycles. The van der Waals surface area contributed by atoms with Crippen molar-refractivity contribution in [3.8, 4) is 17.3 Å². The summed E-state index contributed by atoms with van der Waals surface area (Å²) < 4.78 is 4.94. The Hall–Kier alpha value is -1.75. The second-order valence-corrected chi connectivity index (χ2v) is 4.47. The van der Waals surface area contributed by atoms with Crippen LogP contribution in [0.3, 0.4) is 0 Å². The van der Waals surface area contributed by atoms with Crippen molar-refractivity contribution >= 4 is 11.6 Å². The van der Waals surface area contributed by atoms with Crippen molar-refractivity contribution in [2.45, 2.75) is 26.7 Å². The van der Waals surface area contributed by atoms with E-state index in [-0.39, 0.29) is 0 Å². The van der Waals surface area contributed by atoms with E-state index < -0.39 is 0 Å². The highest BCUT2D eigenvalue weighted by atomic mass is 35.5. The summed E-state index contributed by atoms with van der Waals surface area (Å²) in [5.74, 6) is 0.740. The molecule has 0 saturated carbocycles. The Balaban J connectivity index is 2.47. The Morgan fingerprint density at radius 1 is 1.21 bits per heavy atom. The molecule has 5 nitrogen and oxygen atoms in total. The number of ether oxygens (including phenoxy) is 1. The topological polar surface area (TPSA) is 60.8 Å². The largest absolute Gasteiger partial charge is 0.467 e. The number of methoxy groups -OCH3 is 1. The number of hydrogen-bond donors (Lipinski definition) is 0. The summed E-state index contributed by atoms with van der Waals surface area (Å²) in [4.78, 5) is 17.0. The minimum absolute atomic E-state index is 0.329. The lowest BCUT2D eigenvalue weighted by atomic mass is 10.1. The van der Waals surface area contributed by atoms with Crippen LogP contribution >= 0.6 is 11.6 Å². The maximum Gasteiger partial charge on any atom is 0.316 e. The van der Waals surface area contributed by atoms with E-state index in [0.717, 1.165) is 35.5 Å². The molecule has 0 N–H and O–H groups in total. The van der Waals surface area contributed by atoms with E-state index in [9.17, 15) is 0 Å². The van der Waals surface area contributed by atoms with Gasteiger partial charge in [0.05, 0.1) is 12.8 Å². The second-order valence-electron chi connectivity index (χ2n) is 4.11. The first kappa shape index (κ1) is 13.7.